The molecule has 30 heavy (non-hydrogen) atoms. The second kappa shape index (κ2) is 9.39. The van der Waals surface area contributed by atoms with Crippen LogP contribution in [0.5, 0.6) is 0 Å². The van der Waals surface area contributed by atoms with Gasteiger partial charge in [-0.1, -0.05) is 0 Å². The lowest BCUT2D eigenvalue weighted by atomic mass is 10.3. The molecule has 1 aliphatic heterocycles. The third kappa shape index (κ3) is 5.55. The Balaban J connectivity index is 1.99. The zero-order chi connectivity index (χ0) is 22.7. The predicted octanol–water partition coefficient (Wildman–Crippen LogP) is -0.784. The van der Waals surface area contributed by atoms with Crippen molar-refractivity contribution < 1.29 is 26.4 Å². The maximum Gasteiger partial charge on any atom is 0.281 e. The van der Waals surface area contributed by atoms with Crippen molar-refractivity contribution in [3.8, 4) is 0 Å². The third-order valence-corrected chi connectivity index (χ3v) is 8.38. The van der Waals surface area contributed by atoms with Crippen LogP contribution in [-0.2, 0) is 29.8 Å². The van der Waals surface area contributed by atoms with Crippen molar-refractivity contribution in [3.63, 3.8) is 0 Å². The number of carbonyl (C=O) groups is 2. The largest absolute Gasteiger partial charge is 0.339 e. The summed E-state index contributed by atoms with van der Waals surface area (Å²) < 4.78 is 53.1. The van der Waals surface area contributed by atoms with Gasteiger partial charge in [-0.3, -0.25) is 9.59 Å². The molecular formula is C17H27N5O6S2. The van der Waals surface area contributed by atoms with E-state index in [0.29, 0.717) is 5.69 Å². The number of carbonyl (C=O) groups excluding carboxylic acids is 2. The molecule has 1 aliphatic rings. The van der Waals surface area contributed by atoms with E-state index in [1.165, 1.54) is 61.5 Å². The Labute approximate surface area is 177 Å². The fourth-order valence-corrected chi connectivity index (χ4v) is 5.07. The summed E-state index contributed by atoms with van der Waals surface area (Å²) in [6, 6.07) is 5.64. The quantitative estimate of drug-likeness (QED) is 0.567. The number of likely N-dealkylation sites (N-methyl/N-ethyl adjacent to an activating group) is 1. The van der Waals surface area contributed by atoms with E-state index in [9.17, 15) is 26.4 Å². The monoisotopic (exact) mass is 461 g/mol. The molecule has 0 radical (unpaired) electrons. The van der Waals surface area contributed by atoms with Crippen LogP contribution in [0.15, 0.2) is 29.2 Å². The van der Waals surface area contributed by atoms with E-state index < -0.39 is 26.1 Å². The number of rotatable bonds is 7. The van der Waals surface area contributed by atoms with Crippen molar-refractivity contribution >= 4 is 37.7 Å². The number of benzene rings is 1. The Bertz CT molecular complexity index is 984. The molecule has 2 rings (SSSR count). The number of sulfonamides is 1. The van der Waals surface area contributed by atoms with Crippen molar-refractivity contribution in [2.45, 2.75) is 11.8 Å². The van der Waals surface area contributed by atoms with E-state index in [-0.39, 0.29) is 43.5 Å². The molecule has 0 aliphatic carbocycles. The van der Waals surface area contributed by atoms with Gasteiger partial charge in [-0.15, -0.1) is 0 Å². The van der Waals surface area contributed by atoms with E-state index >= 15 is 0 Å². The van der Waals surface area contributed by atoms with Crippen LogP contribution in [0.2, 0.25) is 0 Å². The topological polar surface area (TPSA) is 127 Å². The van der Waals surface area contributed by atoms with Crippen molar-refractivity contribution in [1.29, 1.82) is 0 Å². The first-order chi connectivity index (χ1) is 13.9. The lowest BCUT2D eigenvalue weighted by molar-refractivity contribution is -0.132. The van der Waals surface area contributed by atoms with Crippen molar-refractivity contribution in [1.82, 2.24) is 17.8 Å². The van der Waals surface area contributed by atoms with E-state index in [4.69, 9.17) is 0 Å². The molecule has 1 aromatic carbocycles. The van der Waals surface area contributed by atoms with Crippen LogP contribution in [0, 0.1) is 0 Å². The van der Waals surface area contributed by atoms with Gasteiger partial charge in [-0.2, -0.15) is 21.3 Å². The van der Waals surface area contributed by atoms with Gasteiger partial charge >= 0.3 is 0 Å². The molecule has 0 saturated carbocycles. The van der Waals surface area contributed by atoms with E-state index in [1.54, 1.807) is 0 Å². The second-order valence-corrected chi connectivity index (χ2v) is 11.2. The van der Waals surface area contributed by atoms with Crippen LogP contribution in [0.3, 0.4) is 0 Å². The average Bonchev–Trinajstić information content (AvgIpc) is 2.67. The molecule has 0 atom stereocenters. The maximum absolute atomic E-state index is 12.7. The number of amides is 2. The van der Waals surface area contributed by atoms with Crippen molar-refractivity contribution in [2.24, 2.45) is 0 Å². The van der Waals surface area contributed by atoms with Gasteiger partial charge in [0.15, 0.2) is 0 Å². The molecular weight excluding hydrogens is 434 g/mol. The van der Waals surface area contributed by atoms with Crippen LogP contribution < -0.4 is 5.32 Å². The predicted molar refractivity (Wildman–Crippen MR) is 111 cm³/mol. The molecule has 2 amide bonds. The molecule has 11 nitrogen and oxygen atoms in total. The highest BCUT2D eigenvalue weighted by molar-refractivity contribution is 7.89. The average molecular weight is 462 g/mol. The molecule has 168 valence electrons. The Kier molecular flexibility index (Phi) is 7.58. The minimum Gasteiger partial charge on any atom is -0.339 e. The maximum atomic E-state index is 12.7. The van der Waals surface area contributed by atoms with E-state index in [0.717, 1.165) is 8.61 Å². The molecule has 0 bridgehead atoms. The molecule has 1 fully saturated rings. The van der Waals surface area contributed by atoms with Gasteiger partial charge in [-0.05, 0) is 24.3 Å². The number of hydrogen-bond acceptors (Lipinski definition) is 6. The number of nitrogens with zero attached hydrogens (tertiary/aromatic N) is 4. The van der Waals surface area contributed by atoms with Gasteiger partial charge in [0.1, 0.15) is 0 Å². The first-order valence-corrected chi connectivity index (χ1v) is 12.0. The van der Waals surface area contributed by atoms with Crippen molar-refractivity contribution in [3.05, 3.63) is 24.3 Å². The zero-order valence-electron chi connectivity index (χ0n) is 17.4. The minimum atomic E-state index is -3.90. The summed E-state index contributed by atoms with van der Waals surface area (Å²) >= 11 is 0. The lowest BCUT2D eigenvalue weighted by Gasteiger charge is -2.35. The molecule has 13 heteroatoms. The van der Waals surface area contributed by atoms with Crippen molar-refractivity contribution in [2.75, 3.05) is 59.2 Å². The number of nitrogens with one attached hydrogen (secondary N) is 1. The van der Waals surface area contributed by atoms with Crippen LogP contribution in [0.1, 0.15) is 6.92 Å². The third-order valence-electron chi connectivity index (χ3n) is 4.62. The number of hydrogen-bond donors (Lipinski definition) is 1. The molecule has 1 heterocycles. The molecule has 1 saturated heterocycles. The SMILES string of the molecule is CC(=O)Nc1ccc(S(=O)(=O)N(C)CC(=O)N2CCN(S(=O)(=O)N(C)C)CC2)cc1. The van der Waals surface area contributed by atoms with Gasteiger partial charge in [0, 0.05) is 59.9 Å². The summed E-state index contributed by atoms with van der Waals surface area (Å²) in [5.74, 6) is -0.676. The number of anilines is 1. The highest BCUT2D eigenvalue weighted by Gasteiger charge is 2.31. The smallest absolute Gasteiger partial charge is 0.281 e. The Morgan fingerprint density at radius 1 is 0.967 bits per heavy atom. The van der Waals surface area contributed by atoms with Gasteiger partial charge in [-0.25, -0.2) is 8.42 Å². The fraction of sp³-hybridized carbons (Fsp3) is 0.529. The minimum absolute atomic E-state index is 0.00574. The second-order valence-electron chi connectivity index (χ2n) is 7.04. The Morgan fingerprint density at radius 3 is 1.97 bits per heavy atom. The van der Waals surface area contributed by atoms with Gasteiger partial charge in [0.2, 0.25) is 21.8 Å². The van der Waals surface area contributed by atoms with Crippen LogP contribution in [0.25, 0.3) is 0 Å². The van der Waals surface area contributed by atoms with Gasteiger partial charge in [0.25, 0.3) is 10.2 Å². The Hall–Kier alpha value is -2.06. The molecule has 0 aromatic heterocycles. The summed E-state index contributed by atoms with van der Waals surface area (Å²) in [5.41, 5.74) is 0.464. The van der Waals surface area contributed by atoms with Crippen LogP contribution in [0.4, 0.5) is 5.69 Å². The van der Waals surface area contributed by atoms with Gasteiger partial charge in [0.05, 0.1) is 11.4 Å². The summed E-state index contributed by atoms with van der Waals surface area (Å²) in [4.78, 5) is 25.1. The lowest BCUT2D eigenvalue weighted by Crippen LogP contribution is -2.54. The highest BCUT2D eigenvalue weighted by atomic mass is 32.2. The Morgan fingerprint density at radius 2 is 1.50 bits per heavy atom. The molecule has 0 spiro atoms. The molecule has 0 unspecified atom stereocenters. The van der Waals surface area contributed by atoms with Crippen LogP contribution in [-0.4, -0.2) is 100 Å². The zero-order valence-corrected chi connectivity index (χ0v) is 19.0. The summed E-state index contributed by atoms with van der Waals surface area (Å²) in [7, 11) is -3.26. The fourth-order valence-electron chi connectivity index (χ4n) is 2.87. The van der Waals surface area contributed by atoms with E-state index in [2.05, 4.69) is 5.32 Å². The van der Waals surface area contributed by atoms with Gasteiger partial charge < -0.3 is 10.2 Å². The normalized spacial score (nSPS) is 16.1. The summed E-state index contributed by atoms with van der Waals surface area (Å²) in [5, 5.41) is 2.55. The standard InChI is InChI=1S/C17H27N5O6S2/c1-14(23)18-15-5-7-16(8-6-15)29(25,26)20(4)13-17(24)21-9-11-22(12-10-21)30(27,28)19(2)3/h5-8H,9-13H2,1-4H3,(H,18,23). The first-order valence-electron chi connectivity index (χ1n) is 9.15. The molecule has 1 N–H and O–H groups in total. The van der Waals surface area contributed by atoms with Crippen LogP contribution >= 0.6 is 0 Å². The first kappa shape index (κ1) is 24.2. The van der Waals surface area contributed by atoms with E-state index in [1.807, 2.05) is 0 Å². The summed E-state index contributed by atoms with van der Waals surface area (Å²) in [6.45, 7) is 1.65. The highest BCUT2D eigenvalue weighted by Crippen LogP contribution is 2.18. The number of piperazine rings is 1. The summed E-state index contributed by atoms with van der Waals surface area (Å²) in [6.07, 6.45) is 0. The molecule has 1 aromatic rings.